The van der Waals surface area contributed by atoms with Crippen molar-refractivity contribution in [2.45, 2.75) is 32.6 Å². The number of hydrogen-bond donors (Lipinski definition) is 0. The molecule has 1 atom stereocenters. The lowest BCUT2D eigenvalue weighted by Crippen LogP contribution is -2.41. The normalized spacial score (nSPS) is 19.6. The van der Waals surface area contributed by atoms with Gasteiger partial charge < -0.3 is 4.74 Å². The number of hydrogen-bond acceptors (Lipinski definition) is 3. The highest BCUT2D eigenvalue weighted by molar-refractivity contribution is 6.07. The summed E-state index contributed by atoms with van der Waals surface area (Å²) in [7, 11) is 0. The molecule has 1 unspecified atom stereocenters. The van der Waals surface area contributed by atoms with E-state index in [2.05, 4.69) is 0 Å². The second-order valence-electron chi connectivity index (χ2n) is 7.35. The summed E-state index contributed by atoms with van der Waals surface area (Å²) in [6, 6.07) is 17.5. The Morgan fingerprint density at radius 2 is 1.79 bits per heavy atom. The molecule has 4 rings (SSSR count). The highest BCUT2D eigenvalue weighted by Gasteiger charge is 2.38. The Labute approximate surface area is 171 Å². The first-order valence-corrected chi connectivity index (χ1v) is 10.2. The van der Waals surface area contributed by atoms with Gasteiger partial charge in [0.2, 0.25) is 5.91 Å². The molecule has 1 aliphatic heterocycles. The molecule has 0 radical (unpaired) electrons. The number of ether oxygens (including phenoxy) is 1. The molecule has 0 saturated heterocycles. The minimum atomic E-state index is -0.180. The van der Waals surface area contributed by atoms with E-state index in [1.165, 1.54) is 0 Å². The Kier molecular flexibility index (Phi) is 5.61. The van der Waals surface area contributed by atoms with Gasteiger partial charge in [-0.3, -0.25) is 14.5 Å². The van der Waals surface area contributed by atoms with Crippen molar-refractivity contribution in [1.82, 2.24) is 0 Å². The highest BCUT2D eigenvalue weighted by Crippen LogP contribution is 2.42. The maximum Gasteiger partial charge on any atom is 0.232 e. The van der Waals surface area contributed by atoms with Gasteiger partial charge in [0, 0.05) is 30.0 Å². The molecular weight excluding hydrogens is 362 g/mol. The summed E-state index contributed by atoms with van der Waals surface area (Å²) in [5.41, 5.74) is 3.42. The van der Waals surface area contributed by atoms with Crippen molar-refractivity contribution in [1.29, 1.82) is 0 Å². The van der Waals surface area contributed by atoms with Gasteiger partial charge in [0.05, 0.1) is 12.3 Å². The second kappa shape index (κ2) is 8.48. The van der Waals surface area contributed by atoms with E-state index in [0.717, 1.165) is 35.4 Å². The Bertz CT molecular complexity index is 975. The third kappa shape index (κ3) is 3.88. The molecule has 2 aliphatic rings. The first kappa shape index (κ1) is 19.2. The summed E-state index contributed by atoms with van der Waals surface area (Å²) in [4.78, 5) is 27.8. The molecule has 1 heterocycles. The Hall–Kier alpha value is -3.14. The first-order valence-electron chi connectivity index (χ1n) is 10.2. The van der Waals surface area contributed by atoms with Gasteiger partial charge in [-0.2, -0.15) is 0 Å². The summed E-state index contributed by atoms with van der Waals surface area (Å²) in [5.74, 6) is 0.654. The van der Waals surface area contributed by atoms with Gasteiger partial charge in [-0.1, -0.05) is 54.6 Å². The lowest BCUT2D eigenvalue weighted by Gasteiger charge is -2.37. The molecule has 1 amide bonds. The Morgan fingerprint density at radius 1 is 1.03 bits per heavy atom. The summed E-state index contributed by atoms with van der Waals surface area (Å²) >= 11 is 0. The van der Waals surface area contributed by atoms with Crippen molar-refractivity contribution in [2.24, 2.45) is 5.92 Å². The van der Waals surface area contributed by atoms with Crippen molar-refractivity contribution >= 4 is 23.5 Å². The zero-order valence-electron chi connectivity index (χ0n) is 16.6. The number of para-hydroxylation sites is 2. The van der Waals surface area contributed by atoms with Crippen LogP contribution in [-0.2, 0) is 9.59 Å². The van der Waals surface area contributed by atoms with E-state index in [4.69, 9.17) is 4.74 Å². The van der Waals surface area contributed by atoms with Gasteiger partial charge in [-0.05, 0) is 37.5 Å². The number of rotatable bonds is 5. The third-order valence-corrected chi connectivity index (χ3v) is 5.44. The minimum Gasteiger partial charge on any atom is -0.492 e. The van der Waals surface area contributed by atoms with Crippen LogP contribution < -0.4 is 9.64 Å². The van der Waals surface area contributed by atoms with Crippen LogP contribution in [-0.4, -0.2) is 18.3 Å². The zero-order valence-corrected chi connectivity index (χ0v) is 16.6. The molecule has 0 spiro atoms. The standard InChI is InChI=1S/C25H25NO3/c1-2-29-23-14-7-6-11-20(23)26-21-12-8-13-22(27)25(21)19(17-24(26)28)16-15-18-9-4-3-5-10-18/h3-7,9-11,14-16,19H,2,8,12-13,17H2,1H3/b16-15+. The van der Waals surface area contributed by atoms with Crippen LogP contribution in [0.15, 0.2) is 71.9 Å². The van der Waals surface area contributed by atoms with E-state index in [9.17, 15) is 9.59 Å². The van der Waals surface area contributed by atoms with Crippen molar-refractivity contribution in [3.8, 4) is 5.75 Å². The van der Waals surface area contributed by atoms with E-state index in [0.29, 0.717) is 18.8 Å². The van der Waals surface area contributed by atoms with Crippen LogP contribution in [0.4, 0.5) is 5.69 Å². The van der Waals surface area contributed by atoms with Crippen LogP contribution in [0.2, 0.25) is 0 Å². The Morgan fingerprint density at radius 3 is 2.59 bits per heavy atom. The molecule has 0 bridgehead atoms. The predicted molar refractivity (Wildman–Crippen MR) is 115 cm³/mol. The summed E-state index contributed by atoms with van der Waals surface area (Å²) in [6.07, 6.45) is 6.35. The number of Topliss-reactive ketones (excluding diaryl/α,β-unsaturated/α-hetero) is 1. The van der Waals surface area contributed by atoms with Gasteiger partial charge in [-0.15, -0.1) is 0 Å². The fraction of sp³-hybridized carbons (Fsp3) is 0.280. The Balaban J connectivity index is 1.76. The summed E-state index contributed by atoms with van der Waals surface area (Å²) in [5, 5.41) is 0. The molecule has 148 valence electrons. The van der Waals surface area contributed by atoms with Crippen LogP contribution in [0.1, 0.15) is 38.2 Å². The minimum absolute atomic E-state index is 0.00770. The average molecular weight is 387 g/mol. The fourth-order valence-corrected chi connectivity index (χ4v) is 4.19. The molecule has 4 nitrogen and oxygen atoms in total. The van der Waals surface area contributed by atoms with Crippen LogP contribution >= 0.6 is 0 Å². The molecule has 0 saturated carbocycles. The highest BCUT2D eigenvalue weighted by atomic mass is 16.5. The molecule has 2 aromatic carbocycles. The molecule has 1 aliphatic carbocycles. The largest absolute Gasteiger partial charge is 0.492 e. The lowest BCUT2D eigenvalue weighted by molar-refractivity contribution is -0.120. The van der Waals surface area contributed by atoms with Gasteiger partial charge in [0.15, 0.2) is 5.78 Å². The van der Waals surface area contributed by atoms with Crippen molar-refractivity contribution in [3.63, 3.8) is 0 Å². The van der Waals surface area contributed by atoms with E-state index in [1.807, 2.05) is 73.7 Å². The number of ketones is 1. The predicted octanol–water partition coefficient (Wildman–Crippen LogP) is 5.16. The number of anilines is 1. The molecule has 29 heavy (non-hydrogen) atoms. The molecule has 2 aromatic rings. The van der Waals surface area contributed by atoms with E-state index >= 15 is 0 Å². The van der Waals surface area contributed by atoms with Crippen LogP contribution in [0.3, 0.4) is 0 Å². The van der Waals surface area contributed by atoms with Gasteiger partial charge in [0.25, 0.3) is 0 Å². The maximum atomic E-state index is 13.2. The average Bonchev–Trinajstić information content (AvgIpc) is 2.74. The van der Waals surface area contributed by atoms with E-state index in [1.54, 1.807) is 4.90 Å². The monoisotopic (exact) mass is 387 g/mol. The topological polar surface area (TPSA) is 46.6 Å². The van der Waals surface area contributed by atoms with Crippen molar-refractivity contribution in [2.75, 3.05) is 11.5 Å². The third-order valence-electron chi connectivity index (χ3n) is 5.44. The summed E-state index contributed by atoms with van der Waals surface area (Å²) in [6.45, 7) is 2.44. The van der Waals surface area contributed by atoms with Gasteiger partial charge in [-0.25, -0.2) is 0 Å². The molecular formula is C25H25NO3. The van der Waals surface area contributed by atoms with Crippen LogP contribution in [0.25, 0.3) is 6.08 Å². The molecule has 4 heteroatoms. The summed E-state index contributed by atoms with van der Waals surface area (Å²) < 4.78 is 5.76. The number of allylic oxidation sites excluding steroid dienone is 3. The van der Waals surface area contributed by atoms with Gasteiger partial charge >= 0.3 is 0 Å². The fourth-order valence-electron chi connectivity index (χ4n) is 4.19. The first-order chi connectivity index (χ1) is 14.2. The zero-order chi connectivity index (χ0) is 20.2. The number of amides is 1. The SMILES string of the molecule is CCOc1ccccc1N1C(=O)CC(/C=C/c2ccccc2)C2=C1CCCC2=O. The number of carbonyl (C=O) groups excluding carboxylic acids is 2. The van der Waals surface area contributed by atoms with E-state index < -0.39 is 0 Å². The maximum absolute atomic E-state index is 13.2. The van der Waals surface area contributed by atoms with Crippen molar-refractivity contribution in [3.05, 3.63) is 77.5 Å². The van der Waals surface area contributed by atoms with Crippen molar-refractivity contribution < 1.29 is 14.3 Å². The number of carbonyl (C=O) groups is 2. The quantitative estimate of drug-likeness (QED) is 0.712. The number of nitrogens with zero attached hydrogens (tertiary/aromatic N) is 1. The second-order valence-corrected chi connectivity index (χ2v) is 7.35. The number of benzene rings is 2. The lowest BCUT2D eigenvalue weighted by atomic mass is 9.80. The van der Waals surface area contributed by atoms with E-state index in [-0.39, 0.29) is 24.0 Å². The smallest absolute Gasteiger partial charge is 0.232 e. The van der Waals surface area contributed by atoms with Crippen LogP contribution in [0, 0.1) is 5.92 Å². The molecule has 0 aromatic heterocycles. The molecule has 0 fully saturated rings. The van der Waals surface area contributed by atoms with Gasteiger partial charge in [0.1, 0.15) is 5.75 Å². The molecule has 0 N–H and O–H groups in total. The van der Waals surface area contributed by atoms with Crippen LogP contribution in [0.5, 0.6) is 5.75 Å².